The predicted octanol–water partition coefficient (Wildman–Crippen LogP) is 2.98. The predicted molar refractivity (Wildman–Crippen MR) is 103 cm³/mol. The van der Waals surface area contributed by atoms with Gasteiger partial charge in [-0.05, 0) is 30.7 Å². The molecule has 6 nitrogen and oxygen atoms in total. The van der Waals surface area contributed by atoms with E-state index in [2.05, 4.69) is 15.7 Å². The molecule has 8 heteroatoms. The second kappa shape index (κ2) is 9.59. The van der Waals surface area contributed by atoms with E-state index in [1.54, 1.807) is 10.9 Å². The van der Waals surface area contributed by atoms with Crippen molar-refractivity contribution in [3.63, 3.8) is 0 Å². The third-order valence-corrected chi connectivity index (χ3v) is 4.19. The molecule has 29 heavy (non-hydrogen) atoms. The fourth-order valence-electron chi connectivity index (χ4n) is 2.68. The van der Waals surface area contributed by atoms with Crippen molar-refractivity contribution >= 4 is 11.8 Å². The van der Waals surface area contributed by atoms with E-state index >= 15 is 0 Å². The first kappa shape index (κ1) is 20.2. The summed E-state index contributed by atoms with van der Waals surface area (Å²) in [5, 5.41) is 9.57. The van der Waals surface area contributed by atoms with Crippen LogP contribution in [0, 0.1) is 11.6 Å². The minimum absolute atomic E-state index is 0.167. The topological polar surface area (TPSA) is 76.0 Å². The van der Waals surface area contributed by atoms with Crippen molar-refractivity contribution in [3.05, 3.63) is 83.7 Å². The van der Waals surface area contributed by atoms with Gasteiger partial charge in [0, 0.05) is 37.3 Å². The fourth-order valence-corrected chi connectivity index (χ4v) is 2.68. The van der Waals surface area contributed by atoms with Crippen LogP contribution in [0.15, 0.2) is 60.9 Å². The maximum absolute atomic E-state index is 13.5. The monoisotopic (exact) mass is 398 g/mol. The fraction of sp³-hybridized carbons (Fsp3) is 0.190. The van der Waals surface area contributed by atoms with Crippen LogP contribution in [0.2, 0.25) is 0 Å². The van der Waals surface area contributed by atoms with Gasteiger partial charge in [-0.25, -0.2) is 13.5 Å². The van der Waals surface area contributed by atoms with Crippen LogP contribution in [0.3, 0.4) is 0 Å². The number of para-hydroxylation sites is 1. The van der Waals surface area contributed by atoms with Gasteiger partial charge in [-0.1, -0.05) is 18.2 Å². The Kier molecular flexibility index (Phi) is 6.67. The van der Waals surface area contributed by atoms with Crippen molar-refractivity contribution in [2.75, 3.05) is 6.54 Å². The third kappa shape index (κ3) is 5.71. The summed E-state index contributed by atoms with van der Waals surface area (Å²) >= 11 is 0. The molecular formula is C21H20F2N4O2. The van der Waals surface area contributed by atoms with E-state index in [4.69, 9.17) is 0 Å². The van der Waals surface area contributed by atoms with E-state index in [1.165, 1.54) is 0 Å². The van der Waals surface area contributed by atoms with Gasteiger partial charge in [-0.3, -0.25) is 9.59 Å². The minimum atomic E-state index is -0.920. The van der Waals surface area contributed by atoms with Gasteiger partial charge in [-0.15, -0.1) is 0 Å². The van der Waals surface area contributed by atoms with Crippen molar-refractivity contribution < 1.29 is 18.4 Å². The number of benzene rings is 2. The molecular weight excluding hydrogens is 378 g/mol. The van der Waals surface area contributed by atoms with Crippen molar-refractivity contribution in [1.29, 1.82) is 0 Å². The van der Waals surface area contributed by atoms with Crippen LogP contribution < -0.4 is 10.6 Å². The Morgan fingerprint density at radius 3 is 2.59 bits per heavy atom. The zero-order valence-electron chi connectivity index (χ0n) is 15.6. The Balaban J connectivity index is 1.37. The number of carbonyl (C=O) groups excluding carboxylic acids is 2. The smallest absolute Gasteiger partial charge is 0.254 e. The lowest BCUT2D eigenvalue weighted by molar-refractivity contribution is -0.121. The zero-order chi connectivity index (χ0) is 20.6. The molecule has 0 aliphatic heterocycles. The van der Waals surface area contributed by atoms with Crippen LogP contribution in [0.5, 0.6) is 0 Å². The molecule has 0 saturated heterocycles. The number of hydrogen-bond acceptors (Lipinski definition) is 3. The molecule has 0 aliphatic carbocycles. The highest BCUT2D eigenvalue weighted by molar-refractivity contribution is 5.94. The summed E-state index contributed by atoms with van der Waals surface area (Å²) in [6, 6.07) is 12.4. The van der Waals surface area contributed by atoms with Gasteiger partial charge in [0.05, 0.1) is 17.4 Å². The van der Waals surface area contributed by atoms with Crippen molar-refractivity contribution in [2.24, 2.45) is 0 Å². The molecule has 3 rings (SSSR count). The van der Waals surface area contributed by atoms with Crippen LogP contribution in [0.25, 0.3) is 5.69 Å². The van der Waals surface area contributed by atoms with Crippen molar-refractivity contribution in [3.8, 4) is 5.69 Å². The minimum Gasteiger partial charge on any atom is -0.352 e. The summed E-state index contributed by atoms with van der Waals surface area (Å²) in [5.41, 5.74) is 1.56. The van der Waals surface area contributed by atoms with E-state index in [-0.39, 0.29) is 24.4 Å². The Hall–Kier alpha value is -3.55. The molecule has 0 fully saturated rings. The largest absolute Gasteiger partial charge is 0.352 e. The summed E-state index contributed by atoms with van der Waals surface area (Å²) in [6.45, 7) is 0.549. The number of nitrogens with one attached hydrogen (secondary N) is 2. The lowest BCUT2D eigenvalue weighted by Crippen LogP contribution is -2.27. The van der Waals surface area contributed by atoms with Crippen LogP contribution in [0.4, 0.5) is 8.78 Å². The number of amides is 2. The second-order valence-electron chi connectivity index (χ2n) is 6.39. The van der Waals surface area contributed by atoms with Crippen LogP contribution in [-0.2, 0) is 11.3 Å². The van der Waals surface area contributed by atoms with E-state index in [1.807, 2.05) is 36.5 Å². The molecule has 0 saturated carbocycles. The quantitative estimate of drug-likeness (QED) is 0.573. The number of rotatable bonds is 8. The van der Waals surface area contributed by atoms with Crippen molar-refractivity contribution in [1.82, 2.24) is 20.4 Å². The molecule has 1 aromatic heterocycles. The first-order valence-electron chi connectivity index (χ1n) is 9.12. The summed E-state index contributed by atoms with van der Waals surface area (Å²) in [5.74, 6) is -2.47. The third-order valence-electron chi connectivity index (χ3n) is 4.19. The van der Waals surface area contributed by atoms with Crippen LogP contribution in [-0.4, -0.2) is 28.1 Å². The Morgan fingerprint density at radius 2 is 1.83 bits per heavy atom. The molecule has 150 valence electrons. The SMILES string of the molecule is O=C(CCCNC(=O)c1ccc(F)cc1F)NCc1cnn(-c2ccccc2)c1. The molecule has 0 bridgehead atoms. The molecule has 1 heterocycles. The van der Waals surface area contributed by atoms with E-state index in [0.29, 0.717) is 19.0 Å². The molecule has 0 aliphatic rings. The molecule has 2 aromatic carbocycles. The molecule has 0 atom stereocenters. The number of hydrogen-bond donors (Lipinski definition) is 2. The van der Waals surface area contributed by atoms with Gasteiger partial charge in [0.15, 0.2) is 0 Å². The lowest BCUT2D eigenvalue weighted by atomic mass is 10.2. The van der Waals surface area contributed by atoms with Gasteiger partial charge in [-0.2, -0.15) is 5.10 Å². The summed E-state index contributed by atoms with van der Waals surface area (Å²) in [6.07, 6.45) is 4.13. The Labute approximate surface area is 166 Å². The standard InChI is InChI=1S/C21H20F2N4O2/c22-16-8-9-18(19(23)11-16)21(29)24-10-4-7-20(28)25-12-15-13-26-27(14-15)17-5-2-1-3-6-17/h1-3,5-6,8-9,11,13-14H,4,7,10,12H2,(H,24,29)(H,25,28). The number of nitrogens with zero attached hydrogens (tertiary/aromatic N) is 2. The number of halogens is 2. The maximum Gasteiger partial charge on any atom is 0.254 e. The average molecular weight is 398 g/mol. The van der Waals surface area contributed by atoms with Crippen LogP contribution in [0.1, 0.15) is 28.8 Å². The average Bonchev–Trinajstić information content (AvgIpc) is 3.19. The van der Waals surface area contributed by atoms with Gasteiger partial charge in [0.25, 0.3) is 5.91 Å². The summed E-state index contributed by atoms with van der Waals surface area (Å²) in [7, 11) is 0. The molecule has 0 unspecified atom stereocenters. The van der Waals surface area contributed by atoms with E-state index < -0.39 is 17.5 Å². The normalized spacial score (nSPS) is 10.6. The molecule has 2 N–H and O–H groups in total. The highest BCUT2D eigenvalue weighted by Crippen LogP contribution is 2.09. The Bertz CT molecular complexity index is 989. The lowest BCUT2D eigenvalue weighted by Gasteiger charge is -2.07. The Morgan fingerprint density at radius 1 is 1.03 bits per heavy atom. The van der Waals surface area contributed by atoms with E-state index in [9.17, 15) is 18.4 Å². The van der Waals surface area contributed by atoms with E-state index in [0.717, 1.165) is 23.4 Å². The van der Waals surface area contributed by atoms with Gasteiger partial charge < -0.3 is 10.6 Å². The first-order valence-corrected chi connectivity index (χ1v) is 9.12. The molecule has 3 aromatic rings. The number of carbonyl (C=O) groups is 2. The van der Waals surface area contributed by atoms with Crippen LogP contribution >= 0.6 is 0 Å². The van der Waals surface area contributed by atoms with Gasteiger partial charge >= 0.3 is 0 Å². The summed E-state index contributed by atoms with van der Waals surface area (Å²) in [4.78, 5) is 23.8. The highest BCUT2D eigenvalue weighted by atomic mass is 19.1. The molecule has 0 radical (unpaired) electrons. The van der Waals surface area contributed by atoms with Gasteiger partial charge in [0.2, 0.25) is 5.91 Å². The zero-order valence-corrected chi connectivity index (χ0v) is 15.6. The first-order chi connectivity index (χ1) is 14.0. The molecule has 0 spiro atoms. The highest BCUT2D eigenvalue weighted by Gasteiger charge is 2.12. The maximum atomic E-state index is 13.5. The second-order valence-corrected chi connectivity index (χ2v) is 6.39. The summed E-state index contributed by atoms with van der Waals surface area (Å²) < 4.78 is 28.1. The number of aromatic nitrogens is 2. The molecule has 2 amide bonds. The van der Waals surface area contributed by atoms with Gasteiger partial charge in [0.1, 0.15) is 11.6 Å². The van der Waals surface area contributed by atoms with Crippen molar-refractivity contribution in [2.45, 2.75) is 19.4 Å².